The van der Waals surface area contributed by atoms with Gasteiger partial charge in [-0.25, -0.2) is 4.68 Å². The third-order valence-corrected chi connectivity index (χ3v) is 4.19. The Morgan fingerprint density at radius 3 is 2.70 bits per heavy atom. The van der Waals surface area contributed by atoms with Crippen LogP contribution >= 0.6 is 11.8 Å². The molecule has 106 valence electrons. The van der Waals surface area contributed by atoms with Crippen LogP contribution in [0.1, 0.15) is 35.3 Å². The first-order chi connectivity index (χ1) is 9.65. The van der Waals surface area contributed by atoms with Gasteiger partial charge in [0.15, 0.2) is 5.78 Å². The molecule has 1 heterocycles. The number of carbonyl (C=O) groups is 1. The van der Waals surface area contributed by atoms with Crippen molar-refractivity contribution < 1.29 is 4.79 Å². The van der Waals surface area contributed by atoms with Gasteiger partial charge in [-0.3, -0.25) is 4.79 Å². The van der Waals surface area contributed by atoms with E-state index in [1.807, 2.05) is 6.07 Å². The number of tetrazole rings is 1. The molecule has 0 atom stereocenters. The Balaban J connectivity index is 2.14. The third-order valence-electron chi connectivity index (χ3n) is 3.18. The third kappa shape index (κ3) is 3.25. The highest BCUT2D eigenvalue weighted by molar-refractivity contribution is 7.99. The zero-order valence-electron chi connectivity index (χ0n) is 12.0. The van der Waals surface area contributed by atoms with E-state index in [9.17, 15) is 4.79 Å². The molecule has 0 unspecified atom stereocenters. The molecule has 2 aromatic rings. The van der Waals surface area contributed by atoms with Gasteiger partial charge in [-0.2, -0.15) is 0 Å². The molecular weight excluding hydrogens is 272 g/mol. The molecule has 5 nitrogen and oxygen atoms in total. The summed E-state index contributed by atoms with van der Waals surface area (Å²) < 4.78 is 1.57. The fourth-order valence-electron chi connectivity index (χ4n) is 1.96. The van der Waals surface area contributed by atoms with E-state index >= 15 is 0 Å². The molecular formula is C14H18N4OS. The van der Waals surface area contributed by atoms with Gasteiger partial charge in [0.2, 0.25) is 5.16 Å². The molecule has 0 radical (unpaired) electrons. The minimum atomic E-state index is 0.130. The van der Waals surface area contributed by atoms with Crippen LogP contribution in [0.3, 0.4) is 0 Å². The molecule has 0 amide bonds. The lowest BCUT2D eigenvalue weighted by atomic mass is 9.98. The second-order valence-corrected chi connectivity index (χ2v) is 5.44. The van der Waals surface area contributed by atoms with Crippen LogP contribution in [0.25, 0.3) is 0 Å². The van der Waals surface area contributed by atoms with Gasteiger partial charge in [0.05, 0.1) is 5.75 Å². The Bertz CT molecular complexity index is 609. The maximum absolute atomic E-state index is 12.4. The molecule has 0 aliphatic rings. The summed E-state index contributed by atoms with van der Waals surface area (Å²) >= 11 is 1.37. The van der Waals surface area contributed by atoms with Crippen molar-refractivity contribution in [1.82, 2.24) is 20.2 Å². The molecule has 0 aliphatic carbocycles. The molecule has 0 N–H and O–H groups in total. The number of carbonyl (C=O) groups excluding carboxylic acids is 1. The molecule has 0 bridgehead atoms. The van der Waals surface area contributed by atoms with Crippen molar-refractivity contribution in [1.29, 1.82) is 0 Å². The van der Waals surface area contributed by atoms with E-state index in [4.69, 9.17) is 0 Å². The number of thioether (sulfide) groups is 1. The largest absolute Gasteiger partial charge is 0.293 e. The van der Waals surface area contributed by atoms with Crippen LogP contribution in [0, 0.1) is 0 Å². The summed E-state index contributed by atoms with van der Waals surface area (Å²) in [6.45, 7) is 4.16. The molecule has 1 aromatic carbocycles. The van der Waals surface area contributed by atoms with Crippen molar-refractivity contribution >= 4 is 17.5 Å². The van der Waals surface area contributed by atoms with Crippen LogP contribution in [0.15, 0.2) is 23.4 Å². The van der Waals surface area contributed by atoms with Crippen molar-refractivity contribution in [3.05, 3.63) is 34.9 Å². The Morgan fingerprint density at radius 2 is 2.10 bits per heavy atom. The van der Waals surface area contributed by atoms with E-state index in [-0.39, 0.29) is 5.78 Å². The van der Waals surface area contributed by atoms with Gasteiger partial charge in [0.1, 0.15) is 0 Å². The minimum absolute atomic E-state index is 0.130. The Labute approximate surface area is 122 Å². The topological polar surface area (TPSA) is 60.7 Å². The normalized spacial score (nSPS) is 10.8. The van der Waals surface area contributed by atoms with Crippen molar-refractivity contribution in [3.8, 4) is 0 Å². The van der Waals surface area contributed by atoms with Crippen LogP contribution in [-0.2, 0) is 19.9 Å². The molecule has 6 heteroatoms. The number of nitrogens with zero attached hydrogens (tertiary/aromatic N) is 4. The first kappa shape index (κ1) is 14.7. The highest BCUT2D eigenvalue weighted by Crippen LogP contribution is 2.19. The summed E-state index contributed by atoms with van der Waals surface area (Å²) in [5.41, 5.74) is 3.12. The van der Waals surface area contributed by atoms with Gasteiger partial charge < -0.3 is 0 Å². The van der Waals surface area contributed by atoms with Gasteiger partial charge >= 0.3 is 0 Å². The molecule has 0 aliphatic heterocycles. The lowest BCUT2D eigenvalue weighted by Crippen LogP contribution is -2.08. The molecule has 0 fully saturated rings. The maximum atomic E-state index is 12.4. The first-order valence-corrected chi connectivity index (χ1v) is 7.64. The zero-order valence-corrected chi connectivity index (χ0v) is 12.8. The fourth-order valence-corrected chi connectivity index (χ4v) is 2.70. The van der Waals surface area contributed by atoms with E-state index in [2.05, 4.69) is 41.5 Å². The predicted octanol–water partition coefficient (Wildman–Crippen LogP) is 2.31. The molecule has 20 heavy (non-hydrogen) atoms. The number of aryl methyl sites for hydroxylation is 3. The van der Waals surface area contributed by atoms with E-state index in [1.54, 1.807) is 11.7 Å². The van der Waals surface area contributed by atoms with Crippen molar-refractivity contribution in [2.24, 2.45) is 7.05 Å². The molecule has 2 rings (SSSR count). The summed E-state index contributed by atoms with van der Waals surface area (Å²) in [5.74, 6) is 0.485. The fraction of sp³-hybridized carbons (Fsp3) is 0.429. The van der Waals surface area contributed by atoms with E-state index in [0.29, 0.717) is 10.9 Å². The maximum Gasteiger partial charge on any atom is 0.209 e. The van der Waals surface area contributed by atoms with Crippen LogP contribution in [0.5, 0.6) is 0 Å². The quantitative estimate of drug-likeness (QED) is 0.603. The molecule has 1 aromatic heterocycles. The number of hydrogen-bond acceptors (Lipinski definition) is 5. The van der Waals surface area contributed by atoms with Crippen LogP contribution in [0.4, 0.5) is 0 Å². The van der Waals surface area contributed by atoms with Gasteiger partial charge in [-0.05, 0) is 40.5 Å². The SMILES string of the molecule is CCc1ccc(CC)c(C(=O)CSc2nnnn2C)c1. The van der Waals surface area contributed by atoms with Crippen molar-refractivity contribution in [2.75, 3.05) is 5.75 Å². The lowest BCUT2D eigenvalue weighted by Gasteiger charge is -2.08. The second-order valence-electron chi connectivity index (χ2n) is 4.50. The van der Waals surface area contributed by atoms with Crippen LogP contribution in [0.2, 0.25) is 0 Å². The highest BCUT2D eigenvalue weighted by Gasteiger charge is 2.13. The van der Waals surface area contributed by atoms with E-state index in [0.717, 1.165) is 24.0 Å². The Hall–Kier alpha value is -1.69. The summed E-state index contributed by atoms with van der Waals surface area (Å²) in [4.78, 5) is 12.4. The van der Waals surface area contributed by atoms with E-state index < -0.39 is 0 Å². The smallest absolute Gasteiger partial charge is 0.209 e. The number of Topliss-reactive ketones (excluding diaryl/α,β-unsaturated/α-hetero) is 1. The van der Waals surface area contributed by atoms with Crippen LogP contribution in [-0.4, -0.2) is 31.7 Å². The first-order valence-electron chi connectivity index (χ1n) is 6.65. The summed E-state index contributed by atoms with van der Waals surface area (Å²) in [7, 11) is 1.77. The number of benzene rings is 1. The summed E-state index contributed by atoms with van der Waals surface area (Å²) in [6, 6.07) is 6.16. The monoisotopic (exact) mass is 290 g/mol. The van der Waals surface area contributed by atoms with Crippen molar-refractivity contribution in [2.45, 2.75) is 31.8 Å². The average Bonchev–Trinajstić information content (AvgIpc) is 2.89. The second kappa shape index (κ2) is 6.65. The number of ketones is 1. The predicted molar refractivity (Wildman–Crippen MR) is 79.1 cm³/mol. The van der Waals surface area contributed by atoms with E-state index in [1.165, 1.54) is 17.3 Å². The molecule has 0 saturated heterocycles. The summed E-state index contributed by atoms with van der Waals surface area (Å²) in [5, 5.41) is 11.8. The van der Waals surface area contributed by atoms with Gasteiger partial charge in [-0.1, -0.05) is 37.7 Å². The Kier molecular flexibility index (Phi) is 4.89. The number of rotatable bonds is 6. The molecule has 0 spiro atoms. The van der Waals surface area contributed by atoms with Gasteiger partial charge in [0, 0.05) is 12.6 Å². The number of hydrogen-bond donors (Lipinski definition) is 0. The van der Waals surface area contributed by atoms with Gasteiger partial charge in [0.25, 0.3) is 0 Å². The average molecular weight is 290 g/mol. The minimum Gasteiger partial charge on any atom is -0.293 e. The Morgan fingerprint density at radius 1 is 1.30 bits per heavy atom. The van der Waals surface area contributed by atoms with Gasteiger partial charge in [-0.15, -0.1) is 5.10 Å². The lowest BCUT2D eigenvalue weighted by molar-refractivity contribution is 0.102. The van der Waals surface area contributed by atoms with Crippen molar-refractivity contribution in [3.63, 3.8) is 0 Å². The molecule has 0 saturated carbocycles. The highest BCUT2D eigenvalue weighted by atomic mass is 32.2. The zero-order chi connectivity index (χ0) is 14.5. The standard InChI is InChI=1S/C14H18N4OS/c1-4-10-6-7-11(5-2)12(8-10)13(19)9-20-14-15-16-17-18(14)3/h6-8H,4-5,9H2,1-3H3. The van der Waals surface area contributed by atoms with Crippen LogP contribution < -0.4 is 0 Å². The number of aromatic nitrogens is 4. The summed E-state index contributed by atoms with van der Waals surface area (Å²) in [6.07, 6.45) is 1.80.